The number of nitrogens with zero attached hydrogens (tertiary/aromatic N) is 4. The summed E-state index contributed by atoms with van der Waals surface area (Å²) in [6, 6.07) is 13.6. The van der Waals surface area contributed by atoms with Gasteiger partial charge in [0.2, 0.25) is 11.8 Å². The number of ether oxygens (including phenoxy) is 1. The molecule has 0 saturated carbocycles. The number of rotatable bonds is 4. The summed E-state index contributed by atoms with van der Waals surface area (Å²) in [7, 11) is 1.51. The maximum absolute atomic E-state index is 14.3. The van der Waals surface area contributed by atoms with Gasteiger partial charge in [-0.3, -0.25) is 14.3 Å². The van der Waals surface area contributed by atoms with Gasteiger partial charge in [-0.05, 0) is 36.4 Å². The third kappa shape index (κ3) is 3.25. The van der Waals surface area contributed by atoms with Gasteiger partial charge in [0, 0.05) is 35.8 Å². The molecule has 0 spiro atoms. The average Bonchev–Trinajstić information content (AvgIpc) is 2.75. The summed E-state index contributed by atoms with van der Waals surface area (Å²) in [5.41, 5.74) is 1.76. The molecule has 0 bridgehead atoms. The Morgan fingerprint density at radius 2 is 1.82 bits per heavy atom. The highest BCUT2D eigenvalue weighted by Gasteiger charge is 2.15. The molecule has 0 aromatic carbocycles. The SMILES string of the molecule is COc1ccc(-n2cc(-c3ccccn3)cc(-c3cccnc3F)c2=O)cn1. The second-order valence-corrected chi connectivity index (χ2v) is 5.93. The highest BCUT2D eigenvalue weighted by Crippen LogP contribution is 2.25. The lowest BCUT2D eigenvalue weighted by Crippen LogP contribution is -2.20. The maximum atomic E-state index is 14.3. The van der Waals surface area contributed by atoms with Gasteiger partial charge in [0.05, 0.1) is 30.3 Å². The van der Waals surface area contributed by atoms with Crippen molar-refractivity contribution in [1.82, 2.24) is 19.5 Å². The fourth-order valence-corrected chi connectivity index (χ4v) is 2.86. The fraction of sp³-hybridized carbons (Fsp3) is 0.0476. The molecule has 0 amide bonds. The monoisotopic (exact) mass is 374 g/mol. The van der Waals surface area contributed by atoms with Crippen LogP contribution in [0.2, 0.25) is 0 Å². The molecular formula is C21H15FN4O2. The minimum atomic E-state index is -0.711. The Kier molecular flexibility index (Phi) is 4.63. The standard InChI is InChI=1S/C21H15FN4O2/c1-28-19-8-7-15(12-25-19)26-13-14(18-6-2-3-9-23-18)11-17(21(26)27)16-5-4-10-24-20(16)22/h2-13H,1H3. The van der Waals surface area contributed by atoms with E-state index in [1.165, 1.54) is 30.1 Å². The molecule has 4 rings (SSSR count). The topological polar surface area (TPSA) is 69.9 Å². The van der Waals surface area contributed by atoms with E-state index >= 15 is 0 Å². The molecule has 4 aromatic heterocycles. The molecule has 28 heavy (non-hydrogen) atoms. The van der Waals surface area contributed by atoms with Crippen molar-refractivity contribution in [2.24, 2.45) is 0 Å². The minimum absolute atomic E-state index is 0.125. The predicted molar refractivity (Wildman–Crippen MR) is 103 cm³/mol. The normalized spacial score (nSPS) is 10.6. The molecule has 0 aliphatic rings. The zero-order valence-corrected chi connectivity index (χ0v) is 14.9. The quantitative estimate of drug-likeness (QED) is 0.511. The third-order valence-corrected chi connectivity index (χ3v) is 4.24. The second-order valence-electron chi connectivity index (χ2n) is 5.93. The Morgan fingerprint density at radius 3 is 2.50 bits per heavy atom. The van der Waals surface area contributed by atoms with Gasteiger partial charge < -0.3 is 4.74 Å². The lowest BCUT2D eigenvalue weighted by atomic mass is 10.0. The molecule has 7 heteroatoms. The van der Waals surface area contributed by atoms with Crippen molar-refractivity contribution < 1.29 is 9.13 Å². The van der Waals surface area contributed by atoms with Crippen LogP contribution in [0.25, 0.3) is 28.1 Å². The van der Waals surface area contributed by atoms with Crippen LogP contribution >= 0.6 is 0 Å². The molecule has 0 saturated heterocycles. The van der Waals surface area contributed by atoms with Crippen LogP contribution in [0.4, 0.5) is 4.39 Å². The van der Waals surface area contributed by atoms with Crippen molar-refractivity contribution in [2.75, 3.05) is 7.11 Å². The largest absolute Gasteiger partial charge is 0.481 e. The van der Waals surface area contributed by atoms with Crippen molar-refractivity contribution in [3.05, 3.63) is 89.6 Å². The maximum Gasteiger partial charge on any atom is 0.263 e. The number of aromatic nitrogens is 4. The molecule has 138 valence electrons. The van der Waals surface area contributed by atoms with Crippen LogP contribution in [0.5, 0.6) is 5.88 Å². The predicted octanol–water partition coefficient (Wildman–Crippen LogP) is 3.50. The Bertz CT molecular complexity index is 1180. The van der Waals surface area contributed by atoms with Crippen molar-refractivity contribution in [3.63, 3.8) is 0 Å². The van der Waals surface area contributed by atoms with E-state index in [4.69, 9.17) is 4.74 Å². The summed E-state index contributed by atoms with van der Waals surface area (Å²) in [5.74, 6) is -0.284. The van der Waals surface area contributed by atoms with Gasteiger partial charge in [0.1, 0.15) is 0 Å². The molecule has 0 radical (unpaired) electrons. The molecule has 0 fully saturated rings. The van der Waals surface area contributed by atoms with E-state index in [1.54, 1.807) is 42.7 Å². The van der Waals surface area contributed by atoms with Crippen LogP contribution in [0.15, 0.2) is 78.1 Å². The van der Waals surface area contributed by atoms with Crippen LogP contribution in [0.3, 0.4) is 0 Å². The summed E-state index contributed by atoms with van der Waals surface area (Å²) in [6.45, 7) is 0. The first-order valence-electron chi connectivity index (χ1n) is 8.47. The summed E-state index contributed by atoms with van der Waals surface area (Å²) >= 11 is 0. The first-order valence-corrected chi connectivity index (χ1v) is 8.47. The molecule has 4 aromatic rings. The fourth-order valence-electron chi connectivity index (χ4n) is 2.86. The lowest BCUT2D eigenvalue weighted by molar-refractivity contribution is 0.398. The number of hydrogen-bond acceptors (Lipinski definition) is 5. The van der Waals surface area contributed by atoms with Gasteiger partial charge in [-0.15, -0.1) is 0 Å². The smallest absolute Gasteiger partial charge is 0.263 e. The van der Waals surface area contributed by atoms with Gasteiger partial charge in [-0.1, -0.05) is 6.07 Å². The van der Waals surface area contributed by atoms with Crippen molar-refractivity contribution in [1.29, 1.82) is 0 Å². The van der Waals surface area contributed by atoms with Crippen LogP contribution in [-0.2, 0) is 0 Å². The Balaban J connectivity index is 1.98. The highest BCUT2D eigenvalue weighted by atomic mass is 19.1. The summed E-state index contributed by atoms with van der Waals surface area (Å²) in [4.78, 5) is 25.3. The molecule has 6 nitrogen and oxygen atoms in total. The van der Waals surface area contributed by atoms with E-state index in [0.29, 0.717) is 22.8 Å². The molecule has 0 N–H and O–H groups in total. The average molecular weight is 374 g/mol. The third-order valence-electron chi connectivity index (χ3n) is 4.24. The number of halogens is 1. The Morgan fingerprint density at radius 1 is 0.964 bits per heavy atom. The van der Waals surface area contributed by atoms with Gasteiger partial charge >= 0.3 is 0 Å². The molecular weight excluding hydrogens is 359 g/mol. The van der Waals surface area contributed by atoms with Crippen LogP contribution < -0.4 is 10.3 Å². The Labute approximate surface area is 159 Å². The second kappa shape index (κ2) is 7.40. The first kappa shape index (κ1) is 17.5. The van der Waals surface area contributed by atoms with E-state index in [0.717, 1.165) is 0 Å². The zero-order chi connectivity index (χ0) is 19.5. The summed E-state index contributed by atoms with van der Waals surface area (Å²) < 4.78 is 20.8. The molecule has 0 atom stereocenters. The van der Waals surface area contributed by atoms with Crippen LogP contribution in [-0.4, -0.2) is 26.6 Å². The van der Waals surface area contributed by atoms with Crippen LogP contribution in [0.1, 0.15) is 0 Å². The lowest BCUT2D eigenvalue weighted by Gasteiger charge is -2.12. The first-order chi connectivity index (χ1) is 13.7. The van der Waals surface area contributed by atoms with Crippen molar-refractivity contribution >= 4 is 0 Å². The van der Waals surface area contributed by atoms with Gasteiger partial charge in [-0.25, -0.2) is 9.97 Å². The molecule has 0 aliphatic heterocycles. The van der Waals surface area contributed by atoms with Gasteiger partial charge in [0.25, 0.3) is 5.56 Å². The minimum Gasteiger partial charge on any atom is -0.481 e. The molecule has 0 unspecified atom stereocenters. The Hall–Kier alpha value is -3.87. The van der Waals surface area contributed by atoms with E-state index < -0.39 is 11.5 Å². The van der Waals surface area contributed by atoms with E-state index in [2.05, 4.69) is 15.0 Å². The molecule has 0 aliphatic carbocycles. The summed E-state index contributed by atoms with van der Waals surface area (Å²) in [5, 5.41) is 0. The van der Waals surface area contributed by atoms with Gasteiger partial charge in [0.15, 0.2) is 0 Å². The molecule has 4 heterocycles. The van der Waals surface area contributed by atoms with Crippen molar-refractivity contribution in [2.45, 2.75) is 0 Å². The van der Waals surface area contributed by atoms with Crippen molar-refractivity contribution in [3.8, 4) is 34.0 Å². The number of methoxy groups -OCH3 is 1. The number of hydrogen-bond donors (Lipinski definition) is 0. The highest BCUT2D eigenvalue weighted by molar-refractivity contribution is 5.70. The zero-order valence-electron chi connectivity index (χ0n) is 14.9. The summed E-state index contributed by atoms with van der Waals surface area (Å²) in [6.07, 6.45) is 6.18. The van der Waals surface area contributed by atoms with E-state index in [1.807, 2.05) is 12.1 Å². The van der Waals surface area contributed by atoms with E-state index in [9.17, 15) is 9.18 Å². The number of pyridine rings is 4. The van der Waals surface area contributed by atoms with E-state index in [-0.39, 0.29) is 11.1 Å². The van der Waals surface area contributed by atoms with Crippen LogP contribution in [0, 0.1) is 5.95 Å². The van der Waals surface area contributed by atoms with Gasteiger partial charge in [-0.2, -0.15) is 4.39 Å².